The zero-order chi connectivity index (χ0) is 24.0. The van der Waals surface area contributed by atoms with Crippen molar-refractivity contribution in [2.24, 2.45) is 11.8 Å². The highest BCUT2D eigenvalue weighted by atomic mass is 32.1. The zero-order valence-corrected chi connectivity index (χ0v) is 19.6. The smallest absolute Gasteiger partial charge is 0.246 e. The van der Waals surface area contributed by atoms with Crippen molar-refractivity contribution >= 4 is 34.2 Å². The maximum atomic E-state index is 13.3. The highest BCUT2D eigenvalue weighted by Gasteiger charge is 2.47. The summed E-state index contributed by atoms with van der Waals surface area (Å²) in [5.74, 6) is -2.00. The number of hydrogen-bond donors (Lipinski definition) is 1. The summed E-state index contributed by atoms with van der Waals surface area (Å²) in [5, 5.41) is 4.96. The fourth-order valence-electron chi connectivity index (χ4n) is 4.79. The fourth-order valence-corrected chi connectivity index (χ4v) is 5.52. The Bertz CT molecular complexity index is 1300. The molecule has 2 unspecified atom stereocenters. The van der Waals surface area contributed by atoms with Crippen LogP contribution in [0.25, 0.3) is 16.9 Å². The molecule has 0 bridgehead atoms. The first-order valence-electron chi connectivity index (χ1n) is 11.0. The number of anilines is 1. The van der Waals surface area contributed by atoms with E-state index < -0.39 is 5.91 Å². The minimum atomic E-state index is -0.453. The Morgan fingerprint density at radius 1 is 1.12 bits per heavy atom. The van der Waals surface area contributed by atoms with E-state index in [4.69, 9.17) is 0 Å². The van der Waals surface area contributed by atoms with Gasteiger partial charge >= 0.3 is 0 Å². The summed E-state index contributed by atoms with van der Waals surface area (Å²) < 4.78 is 15.4. The van der Waals surface area contributed by atoms with Gasteiger partial charge in [0, 0.05) is 28.0 Å². The van der Waals surface area contributed by atoms with Crippen LogP contribution in [0.2, 0.25) is 0 Å². The Hall–Kier alpha value is -3.59. The van der Waals surface area contributed by atoms with Crippen LogP contribution < -0.4 is 5.32 Å². The van der Waals surface area contributed by atoms with Crippen LogP contribution >= 0.6 is 11.3 Å². The van der Waals surface area contributed by atoms with Crippen molar-refractivity contribution in [1.82, 2.24) is 14.5 Å². The van der Waals surface area contributed by atoms with E-state index in [1.54, 1.807) is 12.1 Å². The third kappa shape index (κ3) is 3.86. The number of aromatic nitrogens is 2. The number of benzene rings is 1. The lowest BCUT2D eigenvalue weighted by Gasteiger charge is -2.14. The van der Waals surface area contributed by atoms with Crippen LogP contribution in [0.3, 0.4) is 0 Å². The molecular weight excluding hydrogens is 455 g/mol. The summed E-state index contributed by atoms with van der Waals surface area (Å²) >= 11 is 1.27. The lowest BCUT2D eigenvalue weighted by atomic mass is 9.85. The number of halogens is 1. The van der Waals surface area contributed by atoms with Gasteiger partial charge in [-0.2, -0.15) is 0 Å². The highest BCUT2D eigenvalue weighted by Crippen LogP contribution is 2.35. The van der Waals surface area contributed by atoms with Gasteiger partial charge in [-0.25, -0.2) is 9.37 Å². The normalized spacial score (nSPS) is 19.6. The van der Waals surface area contributed by atoms with Crippen LogP contribution in [0.4, 0.5) is 9.52 Å². The molecule has 174 valence electrons. The quantitative estimate of drug-likeness (QED) is 0.439. The number of rotatable bonds is 5. The number of nitrogens with zero attached hydrogens (tertiary/aromatic N) is 3. The summed E-state index contributed by atoms with van der Waals surface area (Å²) in [4.78, 5) is 43.4. The van der Waals surface area contributed by atoms with Crippen molar-refractivity contribution < 1.29 is 18.8 Å². The summed E-state index contributed by atoms with van der Waals surface area (Å²) in [6, 6.07) is 8.28. The number of likely N-dealkylation sites (tertiary alicyclic amines) is 1. The summed E-state index contributed by atoms with van der Waals surface area (Å²) in [6.45, 7) is 3.62. The predicted octanol–water partition coefficient (Wildman–Crippen LogP) is 4.25. The second-order valence-corrected chi connectivity index (χ2v) is 9.46. The molecule has 9 heteroatoms. The van der Waals surface area contributed by atoms with Gasteiger partial charge in [-0.3, -0.25) is 19.3 Å². The van der Waals surface area contributed by atoms with Gasteiger partial charge in [0.25, 0.3) is 0 Å². The first kappa shape index (κ1) is 22.2. The average Bonchev–Trinajstić information content (AvgIpc) is 3.46. The molecule has 1 aliphatic carbocycles. The number of imide groups is 1. The van der Waals surface area contributed by atoms with Gasteiger partial charge in [-0.15, -0.1) is 11.3 Å². The van der Waals surface area contributed by atoms with E-state index in [1.807, 2.05) is 42.0 Å². The number of carbonyl (C=O) groups excluding carboxylic acids is 3. The number of hydrogen-bond acceptors (Lipinski definition) is 5. The van der Waals surface area contributed by atoms with Crippen molar-refractivity contribution in [3.63, 3.8) is 0 Å². The van der Waals surface area contributed by atoms with E-state index in [1.165, 1.54) is 23.5 Å². The number of nitrogens with one attached hydrogen (secondary N) is 1. The standard InChI is InChI=1S/C25H23FN4O3S/c1-14-11-20(15(2)30(14)17-9-7-16(26)8-10-17)21-13-34-25(27-21)28-22(31)12-29-23(32)18-5-3-4-6-19(18)24(29)33/h3-4,7-11,13,18-19H,5-6,12H2,1-2H3,(H,27,28,31). The Labute approximate surface area is 199 Å². The number of amides is 3. The maximum Gasteiger partial charge on any atom is 0.246 e. The minimum absolute atomic E-state index is 0.275. The largest absolute Gasteiger partial charge is 0.318 e. The van der Waals surface area contributed by atoms with Crippen molar-refractivity contribution in [2.45, 2.75) is 26.7 Å². The first-order valence-corrected chi connectivity index (χ1v) is 11.9. The van der Waals surface area contributed by atoms with Crippen molar-refractivity contribution in [1.29, 1.82) is 0 Å². The molecule has 0 saturated carbocycles. The molecule has 2 atom stereocenters. The van der Waals surface area contributed by atoms with E-state index in [0.717, 1.165) is 27.5 Å². The van der Waals surface area contributed by atoms with Crippen molar-refractivity contribution in [3.8, 4) is 16.9 Å². The molecule has 0 spiro atoms. The van der Waals surface area contributed by atoms with E-state index >= 15 is 0 Å². The highest BCUT2D eigenvalue weighted by molar-refractivity contribution is 7.14. The maximum absolute atomic E-state index is 13.3. The van der Waals surface area contributed by atoms with Gasteiger partial charge in [-0.1, -0.05) is 12.2 Å². The van der Waals surface area contributed by atoms with Crippen molar-refractivity contribution in [2.75, 3.05) is 11.9 Å². The molecule has 1 N–H and O–H groups in total. The number of allylic oxidation sites excluding steroid dienone is 2. The van der Waals surface area contributed by atoms with Crippen LogP contribution in [0.1, 0.15) is 24.2 Å². The second kappa shape index (κ2) is 8.64. The van der Waals surface area contributed by atoms with Gasteiger partial charge < -0.3 is 9.88 Å². The first-order chi connectivity index (χ1) is 16.3. The van der Waals surface area contributed by atoms with Crippen LogP contribution in [0.5, 0.6) is 0 Å². The third-order valence-corrected chi connectivity index (χ3v) is 7.20. The predicted molar refractivity (Wildman–Crippen MR) is 127 cm³/mol. The Morgan fingerprint density at radius 2 is 1.76 bits per heavy atom. The lowest BCUT2D eigenvalue weighted by Crippen LogP contribution is -2.38. The zero-order valence-electron chi connectivity index (χ0n) is 18.7. The van der Waals surface area contributed by atoms with Crippen LogP contribution in [0, 0.1) is 31.5 Å². The molecule has 34 heavy (non-hydrogen) atoms. The average molecular weight is 479 g/mol. The lowest BCUT2D eigenvalue weighted by molar-refractivity contribution is -0.142. The second-order valence-electron chi connectivity index (χ2n) is 8.60. The molecule has 1 aliphatic heterocycles. The van der Waals surface area contributed by atoms with E-state index in [2.05, 4.69) is 10.3 Å². The van der Waals surface area contributed by atoms with Crippen LogP contribution in [0.15, 0.2) is 47.9 Å². The minimum Gasteiger partial charge on any atom is -0.318 e. The molecule has 1 saturated heterocycles. The summed E-state index contributed by atoms with van der Waals surface area (Å²) in [5.41, 5.74) is 4.37. The number of carbonyl (C=O) groups is 3. The van der Waals surface area contributed by atoms with Crippen LogP contribution in [-0.2, 0) is 14.4 Å². The van der Waals surface area contributed by atoms with Gasteiger partial charge in [-0.05, 0) is 57.0 Å². The molecule has 3 heterocycles. The van der Waals surface area contributed by atoms with Gasteiger partial charge in [0.15, 0.2) is 5.13 Å². The number of fused-ring (bicyclic) bond motifs is 1. The topological polar surface area (TPSA) is 84.3 Å². The molecule has 1 aromatic carbocycles. The molecule has 5 rings (SSSR count). The van der Waals surface area contributed by atoms with Crippen LogP contribution in [-0.4, -0.2) is 38.7 Å². The van der Waals surface area contributed by atoms with E-state index in [-0.39, 0.29) is 36.0 Å². The van der Waals surface area contributed by atoms with E-state index in [0.29, 0.717) is 23.7 Å². The molecule has 7 nitrogen and oxygen atoms in total. The molecule has 1 fully saturated rings. The van der Waals surface area contributed by atoms with Gasteiger partial charge in [0.05, 0.1) is 17.5 Å². The molecule has 3 aromatic rings. The van der Waals surface area contributed by atoms with Gasteiger partial charge in [0.1, 0.15) is 12.4 Å². The molecule has 3 amide bonds. The van der Waals surface area contributed by atoms with Gasteiger partial charge in [0.2, 0.25) is 17.7 Å². The summed E-state index contributed by atoms with van der Waals surface area (Å²) in [7, 11) is 0. The molecule has 2 aliphatic rings. The SMILES string of the molecule is Cc1cc(-c2csc(NC(=O)CN3C(=O)C4CC=CCC4C3=O)n2)c(C)n1-c1ccc(F)cc1. The molecule has 0 radical (unpaired) electrons. The third-order valence-electron chi connectivity index (χ3n) is 6.44. The van der Waals surface area contributed by atoms with E-state index in [9.17, 15) is 18.8 Å². The number of aryl methyl sites for hydroxylation is 1. The Morgan fingerprint density at radius 3 is 2.41 bits per heavy atom. The Kier molecular flexibility index (Phi) is 5.65. The molecule has 2 aromatic heterocycles. The van der Waals surface area contributed by atoms with Crippen molar-refractivity contribution in [3.05, 3.63) is 65.1 Å². The Balaban J connectivity index is 1.30. The fraction of sp³-hybridized carbons (Fsp3) is 0.280. The summed E-state index contributed by atoms with van der Waals surface area (Å²) in [6.07, 6.45) is 4.92. The number of thiazole rings is 1. The molecular formula is C25H23FN4O3S. The monoisotopic (exact) mass is 478 g/mol.